The molecule has 1 aliphatic heterocycles. The second-order valence-corrected chi connectivity index (χ2v) is 6.38. The Kier molecular flexibility index (Phi) is 4.95. The fourth-order valence-electron chi connectivity index (χ4n) is 2.15. The minimum absolute atomic E-state index is 0.0466. The highest BCUT2D eigenvalue weighted by molar-refractivity contribution is 6.31. The number of hydrogen-bond donors (Lipinski definition) is 1. The molecule has 2 rings (SSSR count). The van der Waals surface area contributed by atoms with Gasteiger partial charge in [0.15, 0.2) is 0 Å². The van der Waals surface area contributed by atoms with Gasteiger partial charge in [-0.1, -0.05) is 0 Å². The summed E-state index contributed by atoms with van der Waals surface area (Å²) in [5.74, 6) is -1.53. The first-order valence-corrected chi connectivity index (χ1v) is 7.49. The molecule has 1 N–H and O–H groups in total. The van der Waals surface area contributed by atoms with Crippen LogP contribution in [-0.2, 0) is 11.0 Å². The number of nitrogens with one attached hydrogen (secondary N) is 1. The van der Waals surface area contributed by atoms with Crippen molar-refractivity contribution in [1.29, 1.82) is 5.26 Å². The maximum absolute atomic E-state index is 13.3. The van der Waals surface area contributed by atoms with E-state index in [1.807, 2.05) is 0 Å². The van der Waals surface area contributed by atoms with Gasteiger partial charge in [0, 0.05) is 5.69 Å². The van der Waals surface area contributed by atoms with Crippen molar-refractivity contribution in [3.63, 3.8) is 0 Å². The van der Waals surface area contributed by atoms with Gasteiger partial charge in [-0.15, -0.1) is 16.7 Å². The number of rotatable bonds is 3. The normalized spacial score (nSPS) is 17.9. The molecule has 25 heavy (non-hydrogen) atoms. The smallest absolute Gasteiger partial charge is 0.324 e. The van der Waals surface area contributed by atoms with Gasteiger partial charge in [0.25, 0.3) is 5.91 Å². The SMILES string of the molecule is CC(C)(C(=O)Nc1ccc(C#N)c(C(F)(F)F)c1)N1CC(Cl)C(F)=N1. The number of anilines is 1. The lowest BCUT2D eigenvalue weighted by molar-refractivity contribution is -0.137. The minimum Gasteiger partial charge on any atom is -0.324 e. The van der Waals surface area contributed by atoms with Gasteiger partial charge in [0.05, 0.1) is 23.7 Å². The molecule has 1 atom stereocenters. The van der Waals surface area contributed by atoms with Crippen LogP contribution in [0.25, 0.3) is 0 Å². The average Bonchev–Trinajstić information content (AvgIpc) is 2.86. The quantitative estimate of drug-likeness (QED) is 0.648. The van der Waals surface area contributed by atoms with E-state index in [-0.39, 0.29) is 12.2 Å². The molecule has 1 amide bonds. The predicted molar refractivity (Wildman–Crippen MR) is 83.8 cm³/mol. The molecule has 0 spiro atoms. The van der Waals surface area contributed by atoms with Gasteiger partial charge in [-0.2, -0.15) is 22.8 Å². The van der Waals surface area contributed by atoms with E-state index in [0.29, 0.717) is 6.07 Å². The Morgan fingerprint density at radius 2 is 2.08 bits per heavy atom. The summed E-state index contributed by atoms with van der Waals surface area (Å²) < 4.78 is 52.3. The Morgan fingerprint density at radius 3 is 2.56 bits per heavy atom. The summed E-state index contributed by atoms with van der Waals surface area (Å²) in [7, 11) is 0. The van der Waals surface area contributed by atoms with Crippen molar-refractivity contribution in [1.82, 2.24) is 5.01 Å². The topological polar surface area (TPSA) is 68.5 Å². The minimum atomic E-state index is -4.74. The molecule has 134 valence electrons. The highest BCUT2D eigenvalue weighted by Crippen LogP contribution is 2.34. The number of nitrogens with zero attached hydrogens (tertiary/aromatic N) is 3. The van der Waals surface area contributed by atoms with Crippen molar-refractivity contribution in [2.24, 2.45) is 5.10 Å². The predicted octanol–water partition coefficient (Wildman–Crippen LogP) is 3.50. The largest absolute Gasteiger partial charge is 0.417 e. The number of nitriles is 1. The van der Waals surface area contributed by atoms with E-state index in [9.17, 15) is 22.4 Å². The van der Waals surface area contributed by atoms with Crippen molar-refractivity contribution in [3.05, 3.63) is 29.3 Å². The molecular weight excluding hydrogens is 364 g/mol. The summed E-state index contributed by atoms with van der Waals surface area (Å²) in [4.78, 5) is 12.4. The van der Waals surface area contributed by atoms with Crippen LogP contribution in [0.15, 0.2) is 23.3 Å². The molecule has 0 aromatic heterocycles. The average molecular weight is 377 g/mol. The molecule has 0 fully saturated rings. The number of halogens is 5. The molecule has 0 saturated heterocycles. The van der Waals surface area contributed by atoms with Crippen molar-refractivity contribution in [3.8, 4) is 6.07 Å². The molecule has 0 saturated carbocycles. The molecule has 0 radical (unpaired) electrons. The third-order valence-corrected chi connectivity index (χ3v) is 4.03. The van der Waals surface area contributed by atoms with E-state index < -0.39 is 40.1 Å². The number of amides is 1. The first kappa shape index (κ1) is 19.0. The third-order valence-electron chi connectivity index (χ3n) is 3.71. The van der Waals surface area contributed by atoms with E-state index in [4.69, 9.17) is 16.9 Å². The molecule has 1 unspecified atom stereocenters. The molecule has 0 aliphatic carbocycles. The maximum Gasteiger partial charge on any atom is 0.417 e. The summed E-state index contributed by atoms with van der Waals surface area (Å²) in [5, 5.41) is 14.8. The van der Waals surface area contributed by atoms with Gasteiger partial charge in [-0.25, -0.2) is 0 Å². The van der Waals surface area contributed by atoms with E-state index >= 15 is 0 Å². The summed E-state index contributed by atoms with van der Waals surface area (Å²) in [6, 6.07) is 4.27. The van der Waals surface area contributed by atoms with Gasteiger partial charge in [0.1, 0.15) is 10.9 Å². The number of alkyl halides is 4. The van der Waals surface area contributed by atoms with Crippen molar-refractivity contribution >= 4 is 29.2 Å². The molecule has 1 aliphatic rings. The molecule has 5 nitrogen and oxygen atoms in total. The maximum atomic E-state index is 13.3. The number of benzene rings is 1. The van der Waals surface area contributed by atoms with Crippen molar-refractivity contribution in [2.45, 2.75) is 30.9 Å². The fourth-order valence-corrected chi connectivity index (χ4v) is 2.33. The monoisotopic (exact) mass is 376 g/mol. The lowest BCUT2D eigenvalue weighted by Gasteiger charge is -2.32. The number of hydrazone groups is 1. The first-order valence-electron chi connectivity index (χ1n) is 7.05. The van der Waals surface area contributed by atoms with Gasteiger partial charge >= 0.3 is 6.18 Å². The van der Waals surface area contributed by atoms with Crippen LogP contribution in [0.4, 0.5) is 23.2 Å². The Bertz CT molecular complexity index is 770. The zero-order valence-electron chi connectivity index (χ0n) is 13.2. The fraction of sp³-hybridized carbons (Fsp3) is 0.400. The van der Waals surface area contributed by atoms with Crippen LogP contribution in [0.5, 0.6) is 0 Å². The van der Waals surface area contributed by atoms with Crippen LogP contribution in [0.3, 0.4) is 0 Å². The Labute approximate surface area is 145 Å². The van der Waals surface area contributed by atoms with E-state index in [0.717, 1.165) is 11.1 Å². The van der Waals surface area contributed by atoms with Crippen molar-refractivity contribution in [2.75, 3.05) is 11.9 Å². The zero-order valence-corrected chi connectivity index (χ0v) is 13.9. The Hall–Kier alpha value is -2.34. The van der Waals surface area contributed by atoms with Gasteiger partial charge < -0.3 is 5.32 Å². The molecule has 1 heterocycles. The van der Waals surface area contributed by atoms with Gasteiger partial charge in [-0.05, 0) is 32.0 Å². The van der Waals surface area contributed by atoms with Crippen molar-refractivity contribution < 1.29 is 22.4 Å². The standard InChI is InChI=1S/C15H13ClF4N4O/c1-14(2,24-7-11(16)12(17)23-24)13(25)22-9-4-3-8(6-21)10(5-9)15(18,19)20/h3-5,11H,7H2,1-2H3,(H,22,25). The van der Waals surface area contributed by atoms with Crippen LogP contribution < -0.4 is 5.32 Å². The Balaban J connectivity index is 2.25. The third kappa shape index (κ3) is 3.85. The summed E-state index contributed by atoms with van der Waals surface area (Å²) in [5.41, 5.74) is -3.21. The molecular formula is C15H13ClF4N4O. The summed E-state index contributed by atoms with van der Waals surface area (Å²) in [6.45, 7) is 2.82. The summed E-state index contributed by atoms with van der Waals surface area (Å²) >= 11 is 5.70. The van der Waals surface area contributed by atoms with Gasteiger partial charge in [0.2, 0.25) is 5.97 Å². The second kappa shape index (κ2) is 6.52. The molecule has 0 bridgehead atoms. The highest BCUT2D eigenvalue weighted by Gasteiger charge is 2.40. The molecule has 1 aromatic carbocycles. The zero-order chi connectivity index (χ0) is 19.0. The van der Waals surface area contributed by atoms with Crippen LogP contribution in [0.2, 0.25) is 0 Å². The first-order chi connectivity index (χ1) is 11.5. The highest BCUT2D eigenvalue weighted by atomic mass is 35.5. The van der Waals surface area contributed by atoms with E-state index in [2.05, 4.69) is 10.4 Å². The second-order valence-electron chi connectivity index (χ2n) is 5.86. The van der Waals surface area contributed by atoms with Crippen LogP contribution >= 0.6 is 11.6 Å². The number of hydrogen-bond acceptors (Lipinski definition) is 4. The summed E-state index contributed by atoms with van der Waals surface area (Å²) in [6.07, 6.45) is -4.74. The van der Waals surface area contributed by atoms with Crippen LogP contribution in [0, 0.1) is 11.3 Å². The molecule has 10 heteroatoms. The molecule has 1 aromatic rings. The number of carbonyl (C=O) groups is 1. The number of carbonyl (C=O) groups excluding carboxylic acids is 1. The van der Waals surface area contributed by atoms with Crippen LogP contribution in [0.1, 0.15) is 25.0 Å². The Morgan fingerprint density at radius 1 is 1.44 bits per heavy atom. The van der Waals surface area contributed by atoms with Gasteiger partial charge in [-0.3, -0.25) is 9.80 Å². The van der Waals surface area contributed by atoms with E-state index in [1.54, 1.807) is 0 Å². The lowest BCUT2D eigenvalue weighted by Crippen LogP contribution is -2.50. The lowest BCUT2D eigenvalue weighted by atomic mass is 10.0. The van der Waals surface area contributed by atoms with E-state index in [1.165, 1.54) is 26.0 Å². The van der Waals surface area contributed by atoms with Crippen LogP contribution in [-0.4, -0.2) is 34.3 Å².